The molecule has 9 heteroatoms. The number of nitrogens with zero attached hydrogens (tertiary/aromatic N) is 1. The Hall–Kier alpha value is -0.500. The number of aliphatic hydroxyl groups excluding tert-OH is 1. The molecule has 330 valence electrons. The van der Waals surface area contributed by atoms with Gasteiger partial charge >= 0.3 is 0 Å². The van der Waals surface area contributed by atoms with Crippen molar-refractivity contribution in [2.24, 2.45) is 0 Å². The van der Waals surface area contributed by atoms with Gasteiger partial charge in [-0.15, -0.1) is 0 Å². The third kappa shape index (κ3) is 41.5. The maximum absolute atomic E-state index is 12.9. The zero-order chi connectivity index (χ0) is 40.7. The monoisotopic (exact) mass is 803 g/mol. The third-order valence-corrected chi connectivity index (χ3v) is 12.1. The molecule has 2 N–H and O–H groups in total. The third-order valence-electron chi connectivity index (χ3n) is 11.1. The van der Waals surface area contributed by atoms with Crippen LogP contribution in [0.2, 0.25) is 0 Å². The maximum Gasteiger partial charge on any atom is 0.268 e. The van der Waals surface area contributed by atoms with Gasteiger partial charge in [0.25, 0.3) is 7.82 Å². The predicted molar refractivity (Wildman–Crippen MR) is 233 cm³/mol. The number of aliphatic hydroxyl groups is 1. The minimum Gasteiger partial charge on any atom is -0.756 e. The lowest BCUT2D eigenvalue weighted by Crippen LogP contribution is -2.46. The molecule has 0 aliphatic heterocycles. The van der Waals surface area contributed by atoms with E-state index in [-0.39, 0.29) is 19.1 Å². The van der Waals surface area contributed by atoms with E-state index in [0.29, 0.717) is 23.9 Å². The lowest BCUT2D eigenvalue weighted by atomic mass is 10.0. The second-order valence-electron chi connectivity index (χ2n) is 17.8. The number of phosphoric acid groups is 1. The molecule has 8 nitrogen and oxygen atoms in total. The maximum atomic E-state index is 12.9. The molecule has 0 fully saturated rings. The van der Waals surface area contributed by atoms with E-state index in [4.69, 9.17) is 9.05 Å². The van der Waals surface area contributed by atoms with Crippen LogP contribution in [0, 0.1) is 0 Å². The SMILES string of the molecule is CCCCCCCCCCCCCCCCCCCC(=O)NC(COP(=O)([O-])OCC[N+](C)(C)C)C(O)CCCCCCCCCCCCCCCCCC. The van der Waals surface area contributed by atoms with Crippen LogP contribution < -0.4 is 10.2 Å². The van der Waals surface area contributed by atoms with Crippen molar-refractivity contribution in [1.29, 1.82) is 0 Å². The molecule has 1 amide bonds. The molecule has 0 heterocycles. The summed E-state index contributed by atoms with van der Waals surface area (Å²) in [6, 6.07) is -0.793. The Labute approximate surface area is 342 Å². The quantitative estimate of drug-likeness (QED) is 0.0361. The van der Waals surface area contributed by atoms with Gasteiger partial charge in [0.1, 0.15) is 13.2 Å². The average Bonchev–Trinajstić information content (AvgIpc) is 3.13. The van der Waals surface area contributed by atoms with Gasteiger partial charge in [0.2, 0.25) is 5.91 Å². The van der Waals surface area contributed by atoms with Crippen LogP contribution in [0.1, 0.15) is 239 Å². The second kappa shape index (κ2) is 39.0. The van der Waals surface area contributed by atoms with Crippen LogP contribution in [0.15, 0.2) is 0 Å². The van der Waals surface area contributed by atoms with Crippen molar-refractivity contribution in [3.63, 3.8) is 0 Å². The van der Waals surface area contributed by atoms with Crippen molar-refractivity contribution < 1.29 is 32.9 Å². The highest BCUT2D eigenvalue weighted by Crippen LogP contribution is 2.38. The van der Waals surface area contributed by atoms with Gasteiger partial charge in [-0.1, -0.05) is 219 Å². The van der Waals surface area contributed by atoms with Crippen molar-refractivity contribution >= 4 is 13.7 Å². The number of hydrogen-bond donors (Lipinski definition) is 2. The molecule has 0 aromatic carbocycles. The first-order chi connectivity index (χ1) is 26.5. The number of nitrogens with one attached hydrogen (secondary N) is 1. The average molecular weight is 803 g/mol. The van der Waals surface area contributed by atoms with Crippen molar-refractivity contribution in [2.75, 3.05) is 40.9 Å². The molecule has 0 radical (unpaired) electrons. The highest BCUT2D eigenvalue weighted by Gasteiger charge is 2.24. The molecule has 0 saturated heterocycles. The van der Waals surface area contributed by atoms with Crippen molar-refractivity contribution in [3.8, 4) is 0 Å². The first-order valence-corrected chi connectivity index (χ1v) is 25.3. The molecule has 0 aliphatic rings. The van der Waals surface area contributed by atoms with Gasteiger partial charge in [-0.05, 0) is 12.8 Å². The molecule has 0 rings (SSSR count). The Morgan fingerprint density at radius 3 is 1.24 bits per heavy atom. The van der Waals surface area contributed by atoms with E-state index in [2.05, 4.69) is 19.2 Å². The van der Waals surface area contributed by atoms with Gasteiger partial charge in [0, 0.05) is 6.42 Å². The summed E-state index contributed by atoms with van der Waals surface area (Å²) in [6.07, 6.45) is 42.4. The molecule has 0 aliphatic carbocycles. The molecule has 0 aromatic rings. The standard InChI is InChI=1S/C46H95N2O6P/c1-6-8-10-12-14-16-18-20-22-24-26-28-30-32-34-36-38-40-46(50)47-44(43-54-55(51,52)53-42-41-48(3,4)5)45(49)39-37-35-33-31-29-27-25-23-21-19-17-15-13-11-9-7-2/h44-45,49H,6-43H2,1-5H3,(H-,47,50,51,52). The Bertz CT molecular complexity index is 870. The van der Waals surface area contributed by atoms with Gasteiger partial charge < -0.3 is 28.8 Å². The van der Waals surface area contributed by atoms with Gasteiger partial charge in [0.15, 0.2) is 0 Å². The van der Waals surface area contributed by atoms with Crippen LogP contribution in [0.5, 0.6) is 0 Å². The number of carbonyl (C=O) groups excluding carboxylic acids is 1. The van der Waals surface area contributed by atoms with E-state index < -0.39 is 20.0 Å². The summed E-state index contributed by atoms with van der Waals surface area (Å²) in [4.78, 5) is 25.4. The van der Waals surface area contributed by atoms with Crippen molar-refractivity contribution in [1.82, 2.24) is 5.32 Å². The summed E-state index contributed by atoms with van der Waals surface area (Å²) in [5.74, 6) is -0.160. The largest absolute Gasteiger partial charge is 0.756 e. The Morgan fingerprint density at radius 1 is 0.564 bits per heavy atom. The number of phosphoric ester groups is 1. The summed E-state index contributed by atoms with van der Waals surface area (Å²) < 4.78 is 23.3. The highest BCUT2D eigenvalue weighted by molar-refractivity contribution is 7.45. The molecule has 0 bridgehead atoms. The van der Waals surface area contributed by atoms with E-state index in [1.807, 2.05) is 21.1 Å². The first-order valence-electron chi connectivity index (χ1n) is 23.9. The van der Waals surface area contributed by atoms with Gasteiger partial charge in [0.05, 0.1) is 39.9 Å². The minimum absolute atomic E-state index is 0.0162. The van der Waals surface area contributed by atoms with Gasteiger partial charge in [-0.2, -0.15) is 0 Å². The van der Waals surface area contributed by atoms with E-state index in [0.717, 1.165) is 38.5 Å². The highest BCUT2D eigenvalue weighted by atomic mass is 31.2. The fraction of sp³-hybridized carbons (Fsp3) is 0.978. The molecule has 55 heavy (non-hydrogen) atoms. The lowest BCUT2D eigenvalue weighted by molar-refractivity contribution is -0.870. The number of likely N-dealkylation sites (N-methyl/N-ethyl adjacent to an activating group) is 1. The van der Waals surface area contributed by atoms with Gasteiger partial charge in [-0.3, -0.25) is 9.36 Å². The first kappa shape index (κ1) is 54.5. The van der Waals surface area contributed by atoms with Crippen LogP contribution in [-0.2, 0) is 18.4 Å². The molecule has 0 aromatic heterocycles. The molecular weight excluding hydrogens is 707 g/mol. The minimum atomic E-state index is -4.56. The van der Waals surface area contributed by atoms with Crippen LogP contribution >= 0.6 is 7.82 Å². The molecule has 3 atom stereocenters. The number of hydrogen-bond acceptors (Lipinski definition) is 6. The second-order valence-corrected chi connectivity index (χ2v) is 19.2. The lowest BCUT2D eigenvalue weighted by Gasteiger charge is -2.30. The van der Waals surface area contributed by atoms with Crippen molar-refractivity contribution in [2.45, 2.75) is 251 Å². The Morgan fingerprint density at radius 2 is 0.891 bits per heavy atom. The van der Waals surface area contributed by atoms with Crippen LogP contribution in [0.4, 0.5) is 0 Å². The van der Waals surface area contributed by atoms with Crippen LogP contribution in [-0.4, -0.2) is 68.5 Å². The fourth-order valence-corrected chi connectivity index (χ4v) is 8.00. The zero-order valence-corrected chi connectivity index (χ0v) is 38.3. The Balaban J connectivity index is 4.28. The normalized spacial score (nSPS) is 14.2. The number of carbonyl (C=O) groups is 1. The summed E-state index contributed by atoms with van der Waals surface area (Å²) in [7, 11) is 1.32. The fourth-order valence-electron chi connectivity index (χ4n) is 7.28. The summed E-state index contributed by atoms with van der Waals surface area (Å²) in [5, 5.41) is 13.9. The molecular formula is C46H95N2O6P. The van der Waals surface area contributed by atoms with Crippen molar-refractivity contribution in [3.05, 3.63) is 0 Å². The van der Waals surface area contributed by atoms with E-state index in [9.17, 15) is 19.4 Å². The van der Waals surface area contributed by atoms with Crippen LogP contribution in [0.3, 0.4) is 0 Å². The van der Waals surface area contributed by atoms with E-state index in [1.165, 1.54) is 173 Å². The van der Waals surface area contributed by atoms with E-state index >= 15 is 0 Å². The van der Waals surface area contributed by atoms with E-state index in [1.54, 1.807) is 0 Å². The number of quaternary nitrogens is 1. The van der Waals surface area contributed by atoms with Gasteiger partial charge in [-0.25, -0.2) is 0 Å². The summed E-state index contributed by atoms with van der Waals surface area (Å²) in [6.45, 7) is 4.75. The number of amides is 1. The number of unbranched alkanes of at least 4 members (excludes halogenated alkanes) is 31. The molecule has 3 unspecified atom stereocenters. The molecule has 0 spiro atoms. The summed E-state index contributed by atoms with van der Waals surface area (Å²) in [5.41, 5.74) is 0. The summed E-state index contributed by atoms with van der Waals surface area (Å²) >= 11 is 0. The topological polar surface area (TPSA) is 108 Å². The zero-order valence-electron chi connectivity index (χ0n) is 37.4. The number of rotatable bonds is 44. The van der Waals surface area contributed by atoms with Crippen LogP contribution in [0.25, 0.3) is 0 Å². The molecule has 0 saturated carbocycles. The smallest absolute Gasteiger partial charge is 0.268 e. The predicted octanol–water partition coefficient (Wildman–Crippen LogP) is 12.7. The Kier molecular flexibility index (Phi) is 38.6.